The highest BCUT2D eigenvalue weighted by molar-refractivity contribution is 5.77. The molecule has 5 aromatic rings. The summed E-state index contributed by atoms with van der Waals surface area (Å²) in [5.41, 5.74) is 6.33. The van der Waals surface area contributed by atoms with Crippen molar-refractivity contribution in [1.82, 2.24) is 35.1 Å². The largest absolute Gasteiger partial charge is 0.494 e. The maximum atomic E-state index is 11.9. The van der Waals surface area contributed by atoms with E-state index in [1.165, 1.54) is 0 Å². The van der Waals surface area contributed by atoms with E-state index >= 15 is 0 Å². The summed E-state index contributed by atoms with van der Waals surface area (Å²) in [6.07, 6.45) is 9.06. The minimum atomic E-state index is -0.0118. The molecule has 0 atom stereocenters. The second-order valence-electron chi connectivity index (χ2n) is 12.6. The van der Waals surface area contributed by atoms with Crippen molar-refractivity contribution in [2.75, 3.05) is 13.2 Å². The van der Waals surface area contributed by atoms with E-state index < -0.39 is 0 Å². The first-order valence-corrected chi connectivity index (χ1v) is 17.1. The van der Waals surface area contributed by atoms with Crippen molar-refractivity contribution in [3.8, 4) is 5.75 Å². The fourth-order valence-electron chi connectivity index (χ4n) is 5.56. The van der Waals surface area contributed by atoms with Crippen LogP contribution in [0.1, 0.15) is 60.6 Å². The van der Waals surface area contributed by atoms with Crippen molar-refractivity contribution in [3.05, 3.63) is 150 Å². The van der Waals surface area contributed by atoms with Crippen LogP contribution in [0.3, 0.4) is 0 Å². The highest BCUT2D eigenvalue weighted by Gasteiger charge is 2.15. The third-order valence-electron chi connectivity index (χ3n) is 7.95. The van der Waals surface area contributed by atoms with E-state index in [0.29, 0.717) is 52.4 Å². The van der Waals surface area contributed by atoms with Gasteiger partial charge in [-0.25, -0.2) is 0 Å². The van der Waals surface area contributed by atoms with Crippen LogP contribution in [0.25, 0.3) is 0 Å². The van der Waals surface area contributed by atoms with Gasteiger partial charge in [-0.1, -0.05) is 44.2 Å². The summed E-state index contributed by atoms with van der Waals surface area (Å²) >= 11 is 0. The van der Waals surface area contributed by atoms with E-state index in [2.05, 4.69) is 77.5 Å². The minimum Gasteiger partial charge on any atom is -0.494 e. The van der Waals surface area contributed by atoms with E-state index in [9.17, 15) is 4.79 Å². The van der Waals surface area contributed by atoms with Gasteiger partial charge in [-0.15, -0.1) is 0 Å². The molecule has 4 heterocycles. The molecule has 1 N–H and O–H groups in total. The molecule has 0 fully saturated rings. The zero-order chi connectivity index (χ0) is 34.1. The first-order chi connectivity index (χ1) is 24.0. The number of rotatable bonds is 19. The van der Waals surface area contributed by atoms with Crippen molar-refractivity contribution in [2.24, 2.45) is 5.92 Å². The van der Waals surface area contributed by atoms with Crippen LogP contribution in [0.15, 0.2) is 116 Å². The Hall–Kier alpha value is -4.99. The lowest BCUT2D eigenvalue weighted by Gasteiger charge is -2.25. The standard InChI is InChI=1S/C40H47N7O2/c1-32(2)40(48)45-21-11-12-22-49-39-24-33(26-46(28-35-13-3-7-17-41-35)29-36-14-4-8-18-42-36)23-34(25-39)27-47(30-37-15-5-9-19-43-37)31-38-16-6-10-20-44-38/h3-10,13-20,23-25,32H,11-12,21-22,26-31H2,1-2H3,(H,45,48). The fraction of sp³-hybridized carbons (Fsp3) is 0.325. The normalized spacial score (nSPS) is 11.3. The van der Waals surface area contributed by atoms with E-state index in [0.717, 1.165) is 52.5 Å². The molecule has 4 aromatic heterocycles. The summed E-state index contributed by atoms with van der Waals surface area (Å²) in [6, 6.07) is 30.7. The van der Waals surface area contributed by atoms with E-state index in [1.807, 2.05) is 87.2 Å². The maximum Gasteiger partial charge on any atom is 0.222 e. The number of amides is 1. The van der Waals surface area contributed by atoms with Crippen molar-refractivity contribution < 1.29 is 9.53 Å². The molecule has 0 bridgehead atoms. The van der Waals surface area contributed by atoms with Gasteiger partial charge in [-0.3, -0.25) is 34.5 Å². The van der Waals surface area contributed by atoms with Crippen LogP contribution in [-0.4, -0.2) is 48.8 Å². The molecule has 0 unspecified atom stereocenters. The van der Waals surface area contributed by atoms with Crippen molar-refractivity contribution in [3.63, 3.8) is 0 Å². The Morgan fingerprint density at radius 1 is 0.612 bits per heavy atom. The summed E-state index contributed by atoms with van der Waals surface area (Å²) < 4.78 is 6.38. The number of ether oxygens (including phenoxy) is 1. The lowest BCUT2D eigenvalue weighted by atomic mass is 10.1. The van der Waals surface area contributed by atoms with Crippen LogP contribution >= 0.6 is 0 Å². The van der Waals surface area contributed by atoms with Gasteiger partial charge in [0.2, 0.25) is 5.91 Å². The Morgan fingerprint density at radius 3 is 1.41 bits per heavy atom. The van der Waals surface area contributed by atoms with Crippen LogP contribution in [-0.2, 0) is 44.1 Å². The number of hydrogen-bond donors (Lipinski definition) is 1. The van der Waals surface area contributed by atoms with Gasteiger partial charge in [0.15, 0.2) is 0 Å². The third kappa shape index (κ3) is 12.5. The Morgan fingerprint density at radius 2 is 1.04 bits per heavy atom. The maximum absolute atomic E-state index is 11.9. The number of unbranched alkanes of at least 4 members (excludes halogenated alkanes) is 1. The molecule has 0 aliphatic carbocycles. The van der Waals surface area contributed by atoms with Gasteiger partial charge in [0, 0.05) is 76.5 Å². The lowest BCUT2D eigenvalue weighted by molar-refractivity contribution is -0.123. The van der Waals surface area contributed by atoms with Crippen molar-refractivity contribution >= 4 is 5.91 Å². The van der Waals surface area contributed by atoms with Crippen LogP contribution in [0.4, 0.5) is 0 Å². The van der Waals surface area contributed by atoms with Crippen LogP contribution in [0, 0.1) is 5.92 Å². The number of carbonyl (C=O) groups is 1. The average molecular weight is 658 g/mol. The van der Waals surface area contributed by atoms with Crippen molar-refractivity contribution in [1.29, 1.82) is 0 Å². The fourth-order valence-corrected chi connectivity index (χ4v) is 5.56. The van der Waals surface area contributed by atoms with Gasteiger partial charge in [0.25, 0.3) is 0 Å². The molecule has 0 saturated carbocycles. The topological polar surface area (TPSA) is 96.4 Å². The quantitative estimate of drug-likeness (QED) is 0.0993. The second-order valence-corrected chi connectivity index (χ2v) is 12.6. The first-order valence-electron chi connectivity index (χ1n) is 17.1. The Labute approximate surface area is 290 Å². The van der Waals surface area contributed by atoms with Gasteiger partial charge in [0.05, 0.1) is 29.4 Å². The number of benzene rings is 1. The van der Waals surface area contributed by atoms with Crippen LogP contribution in [0.5, 0.6) is 5.75 Å². The molecule has 1 aromatic carbocycles. The molecule has 1 amide bonds. The minimum absolute atomic E-state index is 0.0118. The molecule has 254 valence electrons. The monoisotopic (exact) mass is 657 g/mol. The zero-order valence-electron chi connectivity index (χ0n) is 28.6. The molecule has 49 heavy (non-hydrogen) atoms. The molecule has 0 saturated heterocycles. The van der Waals surface area contributed by atoms with Crippen molar-refractivity contribution in [2.45, 2.75) is 66.0 Å². The number of hydrogen-bond acceptors (Lipinski definition) is 8. The molecule has 0 radical (unpaired) electrons. The molecule has 5 rings (SSSR count). The molecule has 0 spiro atoms. The van der Waals surface area contributed by atoms with Crippen LogP contribution in [0.2, 0.25) is 0 Å². The van der Waals surface area contributed by atoms with Crippen LogP contribution < -0.4 is 10.1 Å². The Kier molecular flexibility index (Phi) is 13.8. The lowest BCUT2D eigenvalue weighted by Crippen LogP contribution is -2.28. The molecule has 0 aliphatic rings. The number of nitrogens with one attached hydrogen (secondary N) is 1. The van der Waals surface area contributed by atoms with E-state index in [4.69, 9.17) is 4.74 Å². The molecule has 0 aliphatic heterocycles. The van der Waals surface area contributed by atoms with E-state index in [-0.39, 0.29) is 11.8 Å². The van der Waals surface area contributed by atoms with Gasteiger partial charge < -0.3 is 10.1 Å². The predicted octanol–water partition coefficient (Wildman–Crippen LogP) is 6.60. The number of carbonyl (C=O) groups excluding carboxylic acids is 1. The summed E-state index contributed by atoms with van der Waals surface area (Å²) in [6.45, 7) is 9.16. The highest BCUT2D eigenvalue weighted by Crippen LogP contribution is 2.23. The van der Waals surface area contributed by atoms with Gasteiger partial charge in [0.1, 0.15) is 5.75 Å². The SMILES string of the molecule is CC(C)C(=O)NCCCCOc1cc(CN(Cc2ccccn2)Cc2ccccn2)cc(CN(Cc2ccccn2)Cc2ccccn2)c1. The van der Waals surface area contributed by atoms with Gasteiger partial charge in [-0.2, -0.15) is 0 Å². The second kappa shape index (κ2) is 19.1. The molecule has 9 heteroatoms. The molecule has 9 nitrogen and oxygen atoms in total. The first kappa shape index (κ1) is 35.3. The summed E-state index contributed by atoms with van der Waals surface area (Å²) in [7, 11) is 0. The number of aromatic nitrogens is 4. The summed E-state index contributed by atoms with van der Waals surface area (Å²) in [5, 5.41) is 3.00. The zero-order valence-corrected chi connectivity index (χ0v) is 28.6. The highest BCUT2D eigenvalue weighted by atomic mass is 16.5. The summed E-state index contributed by atoms with van der Waals surface area (Å²) in [5.74, 6) is 0.910. The average Bonchev–Trinajstić information content (AvgIpc) is 3.11. The Bertz CT molecular complexity index is 1480. The number of nitrogens with zero attached hydrogens (tertiary/aromatic N) is 6. The van der Waals surface area contributed by atoms with E-state index in [1.54, 1.807) is 0 Å². The molecular formula is C40H47N7O2. The summed E-state index contributed by atoms with van der Waals surface area (Å²) in [4.78, 5) is 35.1. The smallest absolute Gasteiger partial charge is 0.222 e. The Balaban J connectivity index is 1.37. The third-order valence-corrected chi connectivity index (χ3v) is 7.95. The number of pyridine rings is 4. The molecular weight excluding hydrogens is 610 g/mol. The van der Waals surface area contributed by atoms with Gasteiger partial charge >= 0.3 is 0 Å². The predicted molar refractivity (Wildman–Crippen MR) is 192 cm³/mol. The van der Waals surface area contributed by atoms with Gasteiger partial charge in [-0.05, 0) is 84.6 Å².